The molecule has 2 rings (SSSR count). The molecule has 0 spiro atoms. The van der Waals surface area contributed by atoms with Crippen LogP contribution < -0.4 is 11.1 Å². The molecule has 1 fully saturated rings. The number of hydrogen-bond acceptors (Lipinski definition) is 5. The van der Waals surface area contributed by atoms with Crippen molar-refractivity contribution in [1.82, 2.24) is 9.59 Å². The van der Waals surface area contributed by atoms with Crippen molar-refractivity contribution in [3.8, 4) is 0 Å². The molecule has 1 aliphatic carbocycles. The number of nitrogens with one attached hydrogen (secondary N) is 1. The molecule has 1 aliphatic rings. The van der Waals surface area contributed by atoms with Gasteiger partial charge in [-0.05, 0) is 12.8 Å². The van der Waals surface area contributed by atoms with Gasteiger partial charge in [0.25, 0.3) is 0 Å². The van der Waals surface area contributed by atoms with E-state index in [1.165, 1.54) is 17.7 Å². The Hall–Kier alpha value is -1.01. The number of rotatable bonds is 3. The van der Waals surface area contributed by atoms with E-state index in [9.17, 15) is 4.79 Å². The lowest BCUT2D eigenvalue weighted by molar-refractivity contribution is -0.120. The molecule has 1 aromatic rings. The Labute approximate surface area is 79.5 Å². The van der Waals surface area contributed by atoms with E-state index in [0.29, 0.717) is 11.5 Å². The highest BCUT2D eigenvalue weighted by Gasteiger charge is 2.48. The maximum Gasteiger partial charge on any atom is 0.232 e. The second-order valence-corrected chi connectivity index (χ2v) is 4.01. The number of aromatic nitrogens is 2. The molecule has 0 saturated heterocycles. The number of anilines is 1. The van der Waals surface area contributed by atoms with E-state index >= 15 is 0 Å². The van der Waals surface area contributed by atoms with Crippen LogP contribution >= 0.6 is 11.5 Å². The quantitative estimate of drug-likeness (QED) is 0.727. The third-order valence-corrected chi connectivity index (χ3v) is 2.90. The number of amides is 1. The first-order valence-electron chi connectivity index (χ1n) is 4.06. The highest BCUT2D eigenvalue weighted by Crippen LogP contribution is 2.45. The van der Waals surface area contributed by atoms with Crippen molar-refractivity contribution >= 4 is 22.4 Å². The van der Waals surface area contributed by atoms with Gasteiger partial charge in [0.1, 0.15) is 5.00 Å². The van der Waals surface area contributed by atoms with E-state index in [-0.39, 0.29) is 11.3 Å². The Morgan fingerprint density at radius 1 is 1.77 bits per heavy atom. The van der Waals surface area contributed by atoms with Gasteiger partial charge in [0.05, 0.1) is 11.6 Å². The summed E-state index contributed by atoms with van der Waals surface area (Å²) in [6.07, 6.45) is 3.32. The summed E-state index contributed by atoms with van der Waals surface area (Å²) in [6.45, 7) is 0.422. The van der Waals surface area contributed by atoms with Gasteiger partial charge in [-0.3, -0.25) is 4.79 Å². The zero-order chi connectivity index (χ0) is 9.31. The Bertz CT molecular complexity index is 306. The molecule has 0 aromatic carbocycles. The fraction of sp³-hybridized carbons (Fsp3) is 0.571. The van der Waals surface area contributed by atoms with Crippen molar-refractivity contribution in [3.05, 3.63) is 6.20 Å². The molecule has 5 nitrogen and oxygen atoms in total. The molecule has 6 heteroatoms. The zero-order valence-electron chi connectivity index (χ0n) is 6.99. The van der Waals surface area contributed by atoms with Crippen LogP contribution in [-0.4, -0.2) is 22.0 Å². The van der Waals surface area contributed by atoms with Gasteiger partial charge in [-0.1, -0.05) is 4.49 Å². The van der Waals surface area contributed by atoms with Crippen molar-refractivity contribution in [2.24, 2.45) is 11.1 Å². The van der Waals surface area contributed by atoms with E-state index in [1.807, 2.05) is 0 Å². The minimum Gasteiger partial charge on any atom is -0.329 e. The first-order valence-corrected chi connectivity index (χ1v) is 4.83. The fourth-order valence-electron chi connectivity index (χ4n) is 1.14. The molecule has 1 aromatic heterocycles. The first-order chi connectivity index (χ1) is 6.27. The summed E-state index contributed by atoms with van der Waals surface area (Å²) >= 11 is 1.17. The van der Waals surface area contributed by atoms with Gasteiger partial charge in [-0.25, -0.2) is 0 Å². The zero-order valence-corrected chi connectivity index (χ0v) is 7.80. The molecule has 3 N–H and O–H groups in total. The molecule has 1 heterocycles. The predicted molar refractivity (Wildman–Crippen MR) is 49.3 cm³/mol. The summed E-state index contributed by atoms with van der Waals surface area (Å²) in [4.78, 5) is 11.6. The van der Waals surface area contributed by atoms with Crippen LogP contribution in [0.1, 0.15) is 12.8 Å². The maximum absolute atomic E-state index is 11.6. The maximum atomic E-state index is 11.6. The van der Waals surface area contributed by atoms with Crippen LogP contribution in [0.3, 0.4) is 0 Å². The van der Waals surface area contributed by atoms with Gasteiger partial charge in [0, 0.05) is 18.1 Å². The van der Waals surface area contributed by atoms with Gasteiger partial charge in [0.15, 0.2) is 0 Å². The van der Waals surface area contributed by atoms with Crippen molar-refractivity contribution in [2.45, 2.75) is 12.8 Å². The predicted octanol–water partition coefficient (Wildman–Crippen LogP) is 0.215. The van der Waals surface area contributed by atoms with Crippen LogP contribution in [-0.2, 0) is 4.79 Å². The van der Waals surface area contributed by atoms with Gasteiger partial charge in [-0.15, -0.1) is 5.10 Å². The molecule has 0 unspecified atom stereocenters. The van der Waals surface area contributed by atoms with Crippen molar-refractivity contribution in [2.75, 3.05) is 11.9 Å². The number of carbonyl (C=O) groups is 1. The molecular weight excluding hydrogens is 188 g/mol. The normalized spacial score (nSPS) is 18.2. The Morgan fingerprint density at radius 3 is 3.00 bits per heavy atom. The second kappa shape index (κ2) is 3.04. The SMILES string of the molecule is NCC1(C(=O)Nc2cnns2)CC1. The van der Waals surface area contributed by atoms with Crippen molar-refractivity contribution < 1.29 is 4.79 Å². The number of nitrogens with two attached hydrogens (primary N) is 1. The summed E-state index contributed by atoms with van der Waals surface area (Å²) < 4.78 is 3.65. The Morgan fingerprint density at radius 2 is 2.54 bits per heavy atom. The van der Waals surface area contributed by atoms with Crippen LogP contribution in [0.25, 0.3) is 0 Å². The van der Waals surface area contributed by atoms with E-state index < -0.39 is 0 Å². The molecule has 0 radical (unpaired) electrons. The highest BCUT2D eigenvalue weighted by molar-refractivity contribution is 7.10. The average molecular weight is 198 g/mol. The molecule has 0 atom stereocenters. The standard InChI is InChI=1S/C7H10N4OS/c8-4-7(1-2-7)6(12)10-5-3-9-11-13-5/h3H,1-2,4,8H2,(H,10,12). The van der Waals surface area contributed by atoms with Crippen molar-refractivity contribution in [1.29, 1.82) is 0 Å². The third-order valence-electron chi connectivity index (χ3n) is 2.32. The topological polar surface area (TPSA) is 80.9 Å². The van der Waals surface area contributed by atoms with E-state index in [4.69, 9.17) is 5.73 Å². The first kappa shape index (κ1) is 8.58. The average Bonchev–Trinajstić information content (AvgIpc) is 2.79. The lowest BCUT2D eigenvalue weighted by Gasteiger charge is -2.10. The van der Waals surface area contributed by atoms with Crippen LogP contribution in [0, 0.1) is 5.41 Å². The van der Waals surface area contributed by atoms with E-state index in [1.54, 1.807) is 0 Å². The summed E-state index contributed by atoms with van der Waals surface area (Å²) in [7, 11) is 0. The lowest BCUT2D eigenvalue weighted by Crippen LogP contribution is -2.30. The molecule has 13 heavy (non-hydrogen) atoms. The molecule has 0 aliphatic heterocycles. The third kappa shape index (κ3) is 1.54. The molecule has 0 bridgehead atoms. The minimum absolute atomic E-state index is 0.000972. The van der Waals surface area contributed by atoms with Gasteiger partial charge in [-0.2, -0.15) is 0 Å². The largest absolute Gasteiger partial charge is 0.329 e. The smallest absolute Gasteiger partial charge is 0.232 e. The van der Waals surface area contributed by atoms with Crippen LogP contribution in [0.2, 0.25) is 0 Å². The van der Waals surface area contributed by atoms with Crippen LogP contribution in [0.4, 0.5) is 5.00 Å². The highest BCUT2D eigenvalue weighted by atomic mass is 32.1. The molecular formula is C7H10N4OS. The summed E-state index contributed by atoms with van der Waals surface area (Å²) in [5.41, 5.74) is 5.21. The molecule has 1 saturated carbocycles. The summed E-state index contributed by atoms with van der Waals surface area (Å²) in [5.74, 6) is 0.000972. The minimum atomic E-state index is -0.302. The number of nitrogens with zero attached hydrogens (tertiary/aromatic N) is 2. The van der Waals surface area contributed by atoms with Crippen LogP contribution in [0.15, 0.2) is 6.20 Å². The monoisotopic (exact) mass is 198 g/mol. The van der Waals surface area contributed by atoms with Gasteiger partial charge < -0.3 is 11.1 Å². The number of hydrogen-bond donors (Lipinski definition) is 2. The Kier molecular flexibility index (Phi) is 2.01. The van der Waals surface area contributed by atoms with Gasteiger partial charge in [0.2, 0.25) is 5.91 Å². The summed E-state index contributed by atoms with van der Waals surface area (Å²) in [6, 6.07) is 0. The summed E-state index contributed by atoms with van der Waals surface area (Å²) in [5, 5.41) is 7.06. The Balaban J connectivity index is 2.00. The van der Waals surface area contributed by atoms with Crippen molar-refractivity contribution in [3.63, 3.8) is 0 Å². The fourth-order valence-corrected chi connectivity index (χ4v) is 1.56. The second-order valence-electron chi connectivity index (χ2n) is 3.22. The van der Waals surface area contributed by atoms with E-state index in [2.05, 4.69) is 14.9 Å². The lowest BCUT2D eigenvalue weighted by atomic mass is 10.1. The van der Waals surface area contributed by atoms with Crippen LogP contribution in [0.5, 0.6) is 0 Å². The molecule has 1 amide bonds. The number of carbonyl (C=O) groups excluding carboxylic acids is 1. The molecule has 70 valence electrons. The van der Waals surface area contributed by atoms with Gasteiger partial charge >= 0.3 is 0 Å². The van der Waals surface area contributed by atoms with E-state index in [0.717, 1.165) is 12.8 Å².